The molecule has 4 aromatic rings. The first-order valence-corrected chi connectivity index (χ1v) is 13.2. The van der Waals surface area contributed by atoms with E-state index < -0.39 is 0 Å². The second-order valence-corrected chi connectivity index (χ2v) is 9.70. The lowest BCUT2D eigenvalue weighted by Gasteiger charge is -2.28. The van der Waals surface area contributed by atoms with Crippen LogP contribution in [0, 0.1) is 0 Å². The van der Waals surface area contributed by atoms with Gasteiger partial charge in [-0.1, -0.05) is 41.7 Å². The fourth-order valence-electron chi connectivity index (χ4n) is 4.58. The number of morpholine rings is 1. The van der Waals surface area contributed by atoms with E-state index in [0.29, 0.717) is 29.6 Å². The predicted molar refractivity (Wildman–Crippen MR) is 145 cm³/mol. The van der Waals surface area contributed by atoms with Crippen molar-refractivity contribution in [1.29, 1.82) is 0 Å². The van der Waals surface area contributed by atoms with E-state index in [4.69, 9.17) is 19.2 Å². The maximum atomic E-state index is 14.3. The van der Waals surface area contributed by atoms with Gasteiger partial charge in [-0.3, -0.25) is 14.6 Å². The number of carbonyl (C=O) groups excluding carboxylic acids is 1. The summed E-state index contributed by atoms with van der Waals surface area (Å²) < 4.78 is 17.8. The van der Waals surface area contributed by atoms with Crippen LogP contribution < -0.4 is 14.4 Å². The van der Waals surface area contributed by atoms with Gasteiger partial charge in [-0.2, -0.15) is 0 Å². The number of aromatic nitrogens is 1. The van der Waals surface area contributed by atoms with Crippen LogP contribution in [0.25, 0.3) is 21.0 Å². The SMILES string of the molecule is CCOc1ccc2ccccc2c1C(=O)N(CCCN1CCOCC1)c1nc2ccc(OC)cc2s1. The quantitative estimate of drug-likeness (QED) is 0.311. The van der Waals surface area contributed by atoms with E-state index in [9.17, 15) is 4.79 Å². The molecule has 0 radical (unpaired) electrons. The van der Waals surface area contributed by atoms with Crippen molar-refractivity contribution in [2.45, 2.75) is 13.3 Å². The molecule has 0 saturated carbocycles. The highest BCUT2D eigenvalue weighted by Crippen LogP contribution is 2.35. The number of rotatable bonds is 9. The van der Waals surface area contributed by atoms with Crippen LogP contribution in [-0.4, -0.2) is 68.9 Å². The lowest BCUT2D eigenvalue weighted by atomic mass is 10.0. The zero-order valence-corrected chi connectivity index (χ0v) is 21.6. The van der Waals surface area contributed by atoms with Crippen molar-refractivity contribution in [3.8, 4) is 11.5 Å². The number of hydrogen-bond acceptors (Lipinski definition) is 7. The Morgan fingerprint density at radius 2 is 1.97 bits per heavy atom. The summed E-state index contributed by atoms with van der Waals surface area (Å²) in [4.78, 5) is 23.4. The normalized spacial score (nSPS) is 14.3. The predicted octanol–water partition coefficient (Wildman–Crippen LogP) is 5.23. The Morgan fingerprint density at radius 3 is 2.78 bits per heavy atom. The maximum Gasteiger partial charge on any atom is 0.264 e. The van der Waals surface area contributed by atoms with E-state index in [0.717, 1.165) is 66.0 Å². The minimum absolute atomic E-state index is 0.0942. The number of ether oxygens (including phenoxy) is 3. The van der Waals surface area contributed by atoms with Gasteiger partial charge in [-0.05, 0) is 48.4 Å². The molecule has 0 N–H and O–H groups in total. The van der Waals surface area contributed by atoms with Gasteiger partial charge in [-0.25, -0.2) is 4.98 Å². The van der Waals surface area contributed by atoms with Crippen molar-refractivity contribution in [2.24, 2.45) is 0 Å². The molecule has 0 unspecified atom stereocenters. The van der Waals surface area contributed by atoms with E-state index in [1.165, 1.54) is 11.3 Å². The molecule has 0 spiro atoms. The summed E-state index contributed by atoms with van der Waals surface area (Å²) in [7, 11) is 1.65. The molecule has 1 aliphatic heterocycles. The van der Waals surface area contributed by atoms with Crippen LogP contribution in [0.3, 0.4) is 0 Å². The third-order valence-corrected chi connectivity index (χ3v) is 7.47. The second-order valence-electron chi connectivity index (χ2n) is 8.69. The fraction of sp³-hybridized carbons (Fsp3) is 0.357. The van der Waals surface area contributed by atoms with Crippen LogP contribution in [-0.2, 0) is 4.74 Å². The number of amides is 1. The standard InChI is InChI=1S/C28H31N3O4S/c1-3-35-24-12-9-20-7-4-5-8-22(20)26(24)27(32)31(14-6-13-30-15-17-34-18-16-30)28-29-23-11-10-21(33-2)19-25(23)36-28/h4-5,7-12,19H,3,6,13-18H2,1-2H3. The summed E-state index contributed by atoms with van der Waals surface area (Å²) in [6, 6.07) is 17.7. The van der Waals surface area contributed by atoms with Gasteiger partial charge in [0, 0.05) is 26.2 Å². The second kappa shape index (κ2) is 11.2. The Morgan fingerprint density at radius 1 is 1.14 bits per heavy atom. The first-order chi connectivity index (χ1) is 17.7. The third-order valence-electron chi connectivity index (χ3n) is 6.42. The molecule has 1 fully saturated rings. The summed E-state index contributed by atoms with van der Waals surface area (Å²) in [5.41, 5.74) is 1.43. The minimum Gasteiger partial charge on any atom is -0.497 e. The number of methoxy groups -OCH3 is 1. The smallest absolute Gasteiger partial charge is 0.264 e. The van der Waals surface area contributed by atoms with Gasteiger partial charge in [0.1, 0.15) is 11.5 Å². The Labute approximate surface area is 215 Å². The van der Waals surface area contributed by atoms with Crippen molar-refractivity contribution in [2.75, 3.05) is 58.0 Å². The van der Waals surface area contributed by atoms with Gasteiger partial charge in [0.25, 0.3) is 5.91 Å². The molecule has 5 rings (SSSR count). The van der Waals surface area contributed by atoms with Gasteiger partial charge in [0.2, 0.25) is 0 Å². The minimum atomic E-state index is -0.0942. The van der Waals surface area contributed by atoms with Crippen LogP contribution in [0.4, 0.5) is 5.13 Å². The number of thiazole rings is 1. The highest BCUT2D eigenvalue weighted by molar-refractivity contribution is 7.22. The molecule has 3 aromatic carbocycles. The lowest BCUT2D eigenvalue weighted by molar-refractivity contribution is 0.0376. The number of hydrogen-bond donors (Lipinski definition) is 0. The largest absolute Gasteiger partial charge is 0.497 e. The molecule has 1 aliphatic rings. The Bertz CT molecular complexity index is 1350. The first-order valence-electron chi connectivity index (χ1n) is 12.4. The Kier molecular flexibility index (Phi) is 7.65. The molecule has 2 heterocycles. The first kappa shape index (κ1) is 24.5. The van der Waals surface area contributed by atoms with Gasteiger partial charge in [0.05, 0.1) is 42.7 Å². The monoisotopic (exact) mass is 505 g/mol. The van der Waals surface area contributed by atoms with Crippen molar-refractivity contribution >= 4 is 43.4 Å². The molecule has 0 bridgehead atoms. The van der Waals surface area contributed by atoms with Gasteiger partial charge >= 0.3 is 0 Å². The maximum absolute atomic E-state index is 14.3. The summed E-state index contributed by atoms with van der Waals surface area (Å²) in [5.74, 6) is 1.28. The van der Waals surface area contributed by atoms with E-state index in [1.807, 2.05) is 66.4 Å². The number of anilines is 1. The number of benzene rings is 3. The number of fused-ring (bicyclic) bond motifs is 2. The van der Waals surface area contributed by atoms with Crippen LogP contribution in [0.5, 0.6) is 11.5 Å². The van der Waals surface area contributed by atoms with E-state index in [1.54, 1.807) is 7.11 Å². The van der Waals surface area contributed by atoms with Gasteiger partial charge in [0.15, 0.2) is 5.13 Å². The molecular weight excluding hydrogens is 474 g/mol. The van der Waals surface area contributed by atoms with Crippen molar-refractivity contribution in [1.82, 2.24) is 9.88 Å². The molecule has 0 aliphatic carbocycles. The van der Waals surface area contributed by atoms with E-state index in [2.05, 4.69) is 4.90 Å². The molecule has 8 heteroatoms. The molecule has 7 nitrogen and oxygen atoms in total. The zero-order chi connectivity index (χ0) is 24.9. The molecule has 1 saturated heterocycles. The van der Waals surface area contributed by atoms with Crippen molar-refractivity contribution < 1.29 is 19.0 Å². The van der Waals surface area contributed by atoms with Crippen LogP contribution >= 0.6 is 11.3 Å². The van der Waals surface area contributed by atoms with Crippen molar-refractivity contribution in [3.05, 3.63) is 60.2 Å². The van der Waals surface area contributed by atoms with Crippen molar-refractivity contribution in [3.63, 3.8) is 0 Å². The summed E-state index contributed by atoms with van der Waals surface area (Å²) in [6.07, 6.45) is 0.833. The average molecular weight is 506 g/mol. The molecule has 188 valence electrons. The Balaban J connectivity index is 1.52. The zero-order valence-electron chi connectivity index (χ0n) is 20.7. The molecule has 0 atom stereocenters. The lowest BCUT2D eigenvalue weighted by Crippen LogP contribution is -2.39. The molecule has 1 aromatic heterocycles. The summed E-state index contributed by atoms with van der Waals surface area (Å²) in [5, 5.41) is 2.57. The van der Waals surface area contributed by atoms with Crippen LogP contribution in [0.2, 0.25) is 0 Å². The third kappa shape index (κ3) is 5.16. The molecule has 1 amide bonds. The Hall–Kier alpha value is -3.20. The molecular formula is C28H31N3O4S. The molecule has 36 heavy (non-hydrogen) atoms. The average Bonchev–Trinajstić information content (AvgIpc) is 3.34. The van der Waals surface area contributed by atoms with Crippen LogP contribution in [0.15, 0.2) is 54.6 Å². The summed E-state index contributed by atoms with van der Waals surface area (Å²) >= 11 is 1.51. The van der Waals surface area contributed by atoms with Gasteiger partial charge in [-0.15, -0.1) is 0 Å². The van der Waals surface area contributed by atoms with E-state index in [-0.39, 0.29) is 5.91 Å². The topological polar surface area (TPSA) is 64.1 Å². The highest BCUT2D eigenvalue weighted by atomic mass is 32.1. The summed E-state index contributed by atoms with van der Waals surface area (Å²) in [6.45, 7) is 7.24. The number of carbonyl (C=O) groups is 1. The van der Waals surface area contributed by atoms with E-state index >= 15 is 0 Å². The van der Waals surface area contributed by atoms with Gasteiger partial charge < -0.3 is 14.2 Å². The highest BCUT2D eigenvalue weighted by Gasteiger charge is 2.26. The fourth-order valence-corrected chi connectivity index (χ4v) is 5.60. The van der Waals surface area contributed by atoms with Crippen LogP contribution in [0.1, 0.15) is 23.7 Å². The number of nitrogens with zero attached hydrogens (tertiary/aromatic N) is 3.